The van der Waals surface area contributed by atoms with E-state index in [9.17, 15) is 14.4 Å². The Bertz CT molecular complexity index is 2360. The van der Waals surface area contributed by atoms with Gasteiger partial charge in [-0.25, -0.2) is 4.90 Å². The molecule has 0 saturated carbocycles. The minimum Gasteiger partial charge on any atom is -0.457 e. The minimum atomic E-state index is -0.350. The van der Waals surface area contributed by atoms with Crippen molar-refractivity contribution in [3.63, 3.8) is 0 Å². The first-order valence-corrected chi connectivity index (χ1v) is 19.8. The summed E-state index contributed by atoms with van der Waals surface area (Å²) in [5.74, 6) is 0.497. The van der Waals surface area contributed by atoms with E-state index in [0.717, 1.165) is 59.2 Å². The maximum atomic E-state index is 13.6. The number of benzene rings is 5. The molecule has 0 N–H and O–H groups in total. The van der Waals surface area contributed by atoms with Crippen LogP contribution in [0, 0.1) is 0 Å². The fraction of sp³-hybridized carbons (Fsp3) is 0.300. The van der Waals surface area contributed by atoms with Gasteiger partial charge in [0.15, 0.2) is 0 Å². The summed E-state index contributed by atoms with van der Waals surface area (Å²) < 4.78 is 6.22. The van der Waals surface area contributed by atoms with E-state index in [0.29, 0.717) is 28.3 Å². The van der Waals surface area contributed by atoms with E-state index in [2.05, 4.69) is 110 Å². The lowest BCUT2D eigenvalue weighted by Crippen LogP contribution is -2.44. The summed E-state index contributed by atoms with van der Waals surface area (Å²) in [6, 6.07) is 35.7. The molecule has 5 aromatic carbocycles. The third kappa shape index (κ3) is 6.65. The van der Waals surface area contributed by atoms with Crippen LogP contribution in [-0.4, -0.2) is 28.2 Å². The van der Waals surface area contributed by atoms with Gasteiger partial charge in [0, 0.05) is 27.8 Å². The smallest absolute Gasteiger partial charge is 0.266 e. The van der Waals surface area contributed by atoms with Crippen molar-refractivity contribution < 1.29 is 19.1 Å². The van der Waals surface area contributed by atoms with Crippen molar-refractivity contribution in [3.05, 3.63) is 166 Å². The van der Waals surface area contributed by atoms with Gasteiger partial charge < -0.3 is 9.64 Å². The van der Waals surface area contributed by atoms with Crippen molar-refractivity contribution in [3.8, 4) is 11.5 Å². The van der Waals surface area contributed by atoms with Crippen molar-refractivity contribution in [1.29, 1.82) is 0 Å². The summed E-state index contributed by atoms with van der Waals surface area (Å²) in [4.78, 5) is 43.8. The number of carbonyl (C=O) groups excluding carboxylic acids is 3. The highest BCUT2D eigenvalue weighted by molar-refractivity contribution is 6.34. The molecular formula is C50H52N2O4. The summed E-state index contributed by atoms with van der Waals surface area (Å²) in [7, 11) is 0. The standard InChI is InChI=1S/C50H52N2O4/c1-10-48(5,6)37-14-13-15-38(30-37)51-45(53)42-27-25-40(31-44(42)46(51)54)56-39-23-21-36(22-24-39)49(7,8)35-19-16-33(17-20-35)28-34-18-26-41-32(4)52(47(55)43(41)29-34)50(9,11-2)12-3/h13-27,29-31H,4,10-12,28H2,1-3,5-9H3. The van der Waals surface area contributed by atoms with Gasteiger partial charge in [0.2, 0.25) is 0 Å². The van der Waals surface area contributed by atoms with E-state index in [1.807, 2.05) is 47.4 Å². The van der Waals surface area contributed by atoms with Crippen molar-refractivity contribution in [1.82, 2.24) is 4.90 Å². The van der Waals surface area contributed by atoms with E-state index in [4.69, 9.17) is 4.74 Å². The Morgan fingerprint density at radius 2 is 1.12 bits per heavy atom. The van der Waals surface area contributed by atoms with Crippen LogP contribution in [0.5, 0.6) is 11.5 Å². The summed E-state index contributed by atoms with van der Waals surface area (Å²) in [6.07, 6.45) is 3.39. The molecule has 5 aromatic rings. The molecule has 56 heavy (non-hydrogen) atoms. The lowest BCUT2D eigenvalue weighted by molar-refractivity contribution is 0.0690. The third-order valence-corrected chi connectivity index (χ3v) is 12.7. The molecule has 0 atom stereocenters. The van der Waals surface area contributed by atoms with Gasteiger partial charge in [-0.1, -0.05) is 116 Å². The van der Waals surface area contributed by atoms with E-state index in [1.165, 1.54) is 16.0 Å². The number of amides is 3. The Labute approximate surface area is 331 Å². The van der Waals surface area contributed by atoms with E-state index in [-0.39, 0.29) is 34.1 Å². The third-order valence-electron chi connectivity index (χ3n) is 12.7. The van der Waals surface area contributed by atoms with Gasteiger partial charge in [-0.05, 0) is 114 Å². The molecule has 0 aromatic heterocycles. The van der Waals surface area contributed by atoms with Crippen LogP contribution in [-0.2, 0) is 17.3 Å². The summed E-state index contributed by atoms with van der Waals surface area (Å²) in [6.45, 7) is 21.5. The highest BCUT2D eigenvalue weighted by Crippen LogP contribution is 2.41. The zero-order chi connectivity index (χ0) is 40.2. The molecule has 2 heterocycles. The molecule has 2 aliphatic heterocycles. The highest BCUT2D eigenvalue weighted by atomic mass is 16.5. The molecular weight excluding hydrogens is 693 g/mol. The van der Waals surface area contributed by atoms with Crippen molar-refractivity contribution in [2.75, 3.05) is 4.90 Å². The van der Waals surface area contributed by atoms with Gasteiger partial charge in [0.25, 0.3) is 17.7 Å². The molecule has 0 aliphatic carbocycles. The molecule has 2 aliphatic rings. The molecule has 0 bridgehead atoms. The van der Waals surface area contributed by atoms with Gasteiger partial charge in [-0.2, -0.15) is 0 Å². The number of hydrogen-bond donors (Lipinski definition) is 0. The first kappa shape index (κ1) is 38.5. The second-order valence-electron chi connectivity index (χ2n) is 16.7. The Morgan fingerprint density at radius 3 is 1.77 bits per heavy atom. The number of imide groups is 1. The average molecular weight is 745 g/mol. The predicted octanol–water partition coefficient (Wildman–Crippen LogP) is 11.9. The van der Waals surface area contributed by atoms with Crippen LogP contribution in [0.25, 0.3) is 5.70 Å². The highest BCUT2D eigenvalue weighted by Gasteiger charge is 2.41. The second-order valence-corrected chi connectivity index (χ2v) is 16.7. The Hall–Kier alpha value is -5.75. The maximum absolute atomic E-state index is 13.6. The monoisotopic (exact) mass is 744 g/mol. The predicted molar refractivity (Wildman–Crippen MR) is 226 cm³/mol. The Morgan fingerprint density at radius 1 is 0.554 bits per heavy atom. The first-order valence-electron chi connectivity index (χ1n) is 19.8. The number of nitrogens with zero attached hydrogens (tertiary/aromatic N) is 2. The van der Waals surface area contributed by atoms with Crippen LogP contribution in [0.1, 0.15) is 139 Å². The van der Waals surface area contributed by atoms with Gasteiger partial charge in [-0.3, -0.25) is 14.4 Å². The zero-order valence-corrected chi connectivity index (χ0v) is 34.0. The largest absolute Gasteiger partial charge is 0.457 e. The van der Waals surface area contributed by atoms with Crippen molar-refractivity contribution in [2.45, 2.75) is 97.4 Å². The summed E-state index contributed by atoms with van der Waals surface area (Å²) in [5.41, 5.74) is 8.81. The Kier molecular flexibility index (Phi) is 9.90. The molecule has 0 spiro atoms. The molecule has 6 heteroatoms. The maximum Gasteiger partial charge on any atom is 0.266 e. The minimum absolute atomic E-state index is 0.0469. The first-order chi connectivity index (χ1) is 26.6. The number of hydrogen-bond acceptors (Lipinski definition) is 4. The lowest BCUT2D eigenvalue weighted by atomic mass is 9.78. The zero-order valence-electron chi connectivity index (χ0n) is 34.0. The second kappa shape index (κ2) is 14.4. The van der Waals surface area contributed by atoms with Gasteiger partial charge in [0.05, 0.1) is 16.8 Å². The van der Waals surface area contributed by atoms with Crippen LogP contribution in [0.15, 0.2) is 116 Å². The summed E-state index contributed by atoms with van der Waals surface area (Å²) >= 11 is 0. The number of rotatable bonds is 12. The normalized spacial score (nSPS) is 14.4. The molecule has 0 fully saturated rings. The molecule has 7 rings (SSSR count). The van der Waals surface area contributed by atoms with Crippen molar-refractivity contribution in [2.24, 2.45) is 0 Å². The molecule has 0 radical (unpaired) electrons. The van der Waals surface area contributed by atoms with Crippen LogP contribution in [0.4, 0.5) is 5.69 Å². The number of fused-ring (bicyclic) bond motifs is 2. The fourth-order valence-corrected chi connectivity index (χ4v) is 7.94. The summed E-state index contributed by atoms with van der Waals surface area (Å²) in [5, 5.41) is 0. The van der Waals surface area contributed by atoms with Gasteiger partial charge >= 0.3 is 0 Å². The van der Waals surface area contributed by atoms with Crippen LogP contribution in [0.3, 0.4) is 0 Å². The molecule has 3 amide bonds. The number of carbonyl (C=O) groups is 3. The molecule has 6 nitrogen and oxygen atoms in total. The van der Waals surface area contributed by atoms with E-state index >= 15 is 0 Å². The lowest BCUT2D eigenvalue weighted by Gasteiger charge is -2.38. The van der Waals surface area contributed by atoms with Crippen LogP contribution in [0.2, 0.25) is 0 Å². The van der Waals surface area contributed by atoms with Crippen LogP contribution < -0.4 is 9.64 Å². The fourth-order valence-electron chi connectivity index (χ4n) is 7.94. The van der Waals surface area contributed by atoms with Crippen molar-refractivity contribution >= 4 is 29.1 Å². The molecule has 286 valence electrons. The van der Waals surface area contributed by atoms with Gasteiger partial charge in [-0.15, -0.1) is 0 Å². The molecule has 0 unspecified atom stereocenters. The SMILES string of the molecule is C=C1c2ccc(Cc3ccc(C(C)(C)c4ccc(Oc5ccc6c(c5)C(=O)N(c5cccc(C(C)(C)CC)c5)C6=O)cc4)cc3)cc2C(=O)N1C(C)(CC)CC. The van der Waals surface area contributed by atoms with Crippen LogP contribution >= 0.6 is 0 Å². The quantitative estimate of drug-likeness (QED) is 0.119. The number of anilines is 1. The Balaban J connectivity index is 1.02. The van der Waals surface area contributed by atoms with E-state index in [1.54, 1.807) is 18.2 Å². The average Bonchev–Trinajstić information content (AvgIpc) is 3.61. The van der Waals surface area contributed by atoms with Gasteiger partial charge in [0.1, 0.15) is 11.5 Å². The van der Waals surface area contributed by atoms with E-state index < -0.39 is 0 Å². The number of ether oxygens (including phenoxy) is 1. The topological polar surface area (TPSA) is 66.9 Å². The molecule has 0 saturated heterocycles.